The number of fused-ring (bicyclic) bond motifs is 6. The average molecular weight is 705 g/mol. The van der Waals surface area contributed by atoms with Gasteiger partial charge in [-0.15, -0.1) is 0 Å². The number of hydrogen-bond donors (Lipinski definition) is 1. The average Bonchev–Trinajstić information content (AvgIpc) is 3.74. The minimum Gasteiger partial charge on any atom is -0.336 e. The molecule has 0 amide bonds. The van der Waals surface area contributed by atoms with E-state index in [1.54, 1.807) is 0 Å². The molecule has 8 aromatic carbocycles. The highest BCUT2D eigenvalue weighted by atomic mass is 15.0. The van der Waals surface area contributed by atoms with Crippen molar-refractivity contribution in [2.45, 2.75) is 13.5 Å². The Bertz CT molecular complexity index is 3070. The molecule has 0 saturated carbocycles. The summed E-state index contributed by atoms with van der Waals surface area (Å²) in [5.41, 5.74) is 20.7. The maximum atomic E-state index is 4.41. The van der Waals surface area contributed by atoms with Crippen LogP contribution in [0.2, 0.25) is 0 Å². The van der Waals surface area contributed by atoms with Gasteiger partial charge in [-0.3, -0.25) is 0 Å². The molecule has 10 rings (SSSR count). The van der Waals surface area contributed by atoms with Gasteiger partial charge in [0.2, 0.25) is 0 Å². The molecule has 0 spiro atoms. The zero-order valence-corrected chi connectivity index (χ0v) is 30.6. The second-order valence-corrected chi connectivity index (χ2v) is 14.4. The van der Waals surface area contributed by atoms with E-state index in [2.05, 4.69) is 216 Å². The lowest BCUT2D eigenvalue weighted by atomic mass is 9.92. The third-order valence-electron chi connectivity index (χ3n) is 11.0. The lowest BCUT2D eigenvalue weighted by Gasteiger charge is -2.16. The van der Waals surface area contributed by atoms with Gasteiger partial charge in [-0.05, 0) is 107 Å². The van der Waals surface area contributed by atoms with Gasteiger partial charge in [-0.2, -0.15) is 0 Å². The van der Waals surface area contributed by atoms with Gasteiger partial charge in [0.15, 0.2) is 0 Å². The third-order valence-corrected chi connectivity index (χ3v) is 11.0. The molecular weight excluding hydrogens is 667 g/mol. The predicted octanol–water partition coefficient (Wildman–Crippen LogP) is 12.2. The van der Waals surface area contributed by atoms with E-state index in [4.69, 9.17) is 0 Å². The van der Waals surface area contributed by atoms with Gasteiger partial charge in [0.25, 0.3) is 0 Å². The molecule has 3 nitrogen and oxygen atoms in total. The Hall–Kier alpha value is -7.12. The molecule has 0 bridgehead atoms. The Kier molecular flexibility index (Phi) is 7.91. The smallest absolute Gasteiger partial charge is 0.135 e. The van der Waals surface area contributed by atoms with Gasteiger partial charge in [-0.1, -0.05) is 127 Å². The molecule has 2 aromatic heterocycles. The highest BCUT2D eigenvalue weighted by Gasteiger charge is 2.18. The lowest BCUT2D eigenvalue weighted by Crippen LogP contribution is -2.41. The highest BCUT2D eigenvalue weighted by Crippen LogP contribution is 2.38. The largest absolute Gasteiger partial charge is 0.336 e. The number of benzene rings is 7. The molecule has 0 aliphatic carbocycles. The molecule has 3 heteroatoms. The Morgan fingerprint density at radius 1 is 0.527 bits per heavy atom. The van der Waals surface area contributed by atoms with Crippen molar-refractivity contribution in [2.75, 3.05) is 0 Å². The number of nitrogens with zero attached hydrogens (tertiary/aromatic N) is 2. The number of allylic oxidation sites excluding steroid dienone is 1. The van der Waals surface area contributed by atoms with Gasteiger partial charge in [0.05, 0.1) is 16.6 Å². The van der Waals surface area contributed by atoms with Crippen LogP contribution in [0, 0.1) is 12.1 Å². The summed E-state index contributed by atoms with van der Waals surface area (Å²) in [5, 5.41) is 4.97. The topological polar surface area (TPSA) is 37.5 Å². The normalized spacial score (nSPS) is 12.0. The summed E-state index contributed by atoms with van der Waals surface area (Å²) in [6, 6.07) is 72.0. The Morgan fingerprint density at radius 3 is 1.96 bits per heavy atom. The van der Waals surface area contributed by atoms with Crippen LogP contribution >= 0.6 is 0 Å². The number of hydrogen-bond acceptors (Lipinski definition) is 0. The van der Waals surface area contributed by atoms with E-state index in [0.29, 0.717) is 0 Å². The van der Waals surface area contributed by atoms with E-state index >= 15 is 0 Å². The monoisotopic (exact) mass is 704 g/mol. The van der Waals surface area contributed by atoms with Gasteiger partial charge < -0.3 is 14.9 Å². The van der Waals surface area contributed by atoms with Gasteiger partial charge in [-0.25, -0.2) is 0 Å². The van der Waals surface area contributed by atoms with E-state index in [-0.39, 0.29) is 0 Å². The van der Waals surface area contributed by atoms with Crippen LogP contribution < -0.4 is 5.73 Å². The maximum Gasteiger partial charge on any atom is 0.135 e. The SMILES string of the molecule is C/C(Cn1c2ccccc2c2ccc(-c3c#ccc(-c4ccc5c(c4)c4ccccc4n5-c4ccccc4)c3)cc21)=C(\c1ccccc1)c1ccccc1[NH3+]. The quantitative estimate of drug-likeness (QED) is 0.172. The van der Waals surface area contributed by atoms with E-state index < -0.39 is 0 Å². The molecule has 3 N–H and O–H groups in total. The zero-order valence-electron chi connectivity index (χ0n) is 30.6. The standard InChI is InChI=1S/C52H37N3/c1-35(52(36-15-4-2-5-16-36)45-23-8-11-24-47(45)53)34-54-48-25-12-9-21-42(48)44-29-27-40(33-51(44)54)38-18-14-17-37(31-38)39-28-30-50-46(32-39)43-22-10-13-26-49(43)55(50)41-19-6-3-7-20-41/h2-13,15-17,19-33H,34,53H2,1H3/p+1/b52-35-. The molecule has 0 unspecified atom stereocenters. The van der Waals surface area contributed by atoms with E-state index in [1.807, 2.05) is 0 Å². The second-order valence-electron chi connectivity index (χ2n) is 14.4. The van der Waals surface area contributed by atoms with Crippen molar-refractivity contribution in [3.8, 4) is 27.9 Å². The van der Waals surface area contributed by atoms with Crippen molar-refractivity contribution in [1.29, 1.82) is 0 Å². The van der Waals surface area contributed by atoms with Crippen LogP contribution in [-0.2, 0) is 6.54 Å². The number of aromatic nitrogens is 2. The number of rotatable bonds is 7. The lowest BCUT2D eigenvalue weighted by molar-refractivity contribution is -0.255. The third kappa shape index (κ3) is 5.60. The number of quaternary nitrogens is 1. The molecule has 2 heterocycles. The summed E-state index contributed by atoms with van der Waals surface area (Å²) in [6.07, 6.45) is 0. The van der Waals surface area contributed by atoms with Gasteiger partial charge in [0, 0.05) is 50.4 Å². The summed E-state index contributed by atoms with van der Waals surface area (Å²) >= 11 is 0. The van der Waals surface area contributed by atoms with Crippen molar-refractivity contribution in [3.63, 3.8) is 0 Å². The van der Waals surface area contributed by atoms with Crippen molar-refractivity contribution in [3.05, 3.63) is 211 Å². The van der Waals surface area contributed by atoms with Crippen LogP contribution in [0.25, 0.3) is 77.1 Å². The fourth-order valence-electron chi connectivity index (χ4n) is 8.46. The van der Waals surface area contributed by atoms with E-state index in [9.17, 15) is 0 Å². The van der Waals surface area contributed by atoms with Crippen LogP contribution in [-0.4, -0.2) is 9.13 Å². The predicted molar refractivity (Wildman–Crippen MR) is 229 cm³/mol. The first-order valence-electron chi connectivity index (χ1n) is 18.8. The summed E-state index contributed by atoms with van der Waals surface area (Å²) in [4.78, 5) is 0. The van der Waals surface area contributed by atoms with Crippen molar-refractivity contribution in [2.24, 2.45) is 0 Å². The first-order valence-corrected chi connectivity index (χ1v) is 18.8. The Labute approximate surface area is 320 Å². The van der Waals surface area contributed by atoms with Gasteiger partial charge in [0.1, 0.15) is 5.69 Å². The molecular formula is C52H38N3+. The second kappa shape index (κ2) is 13.4. The molecule has 0 atom stereocenters. The zero-order chi connectivity index (χ0) is 36.9. The summed E-state index contributed by atoms with van der Waals surface area (Å²) in [6.45, 7) is 3.00. The fourth-order valence-corrected chi connectivity index (χ4v) is 8.46. The number of para-hydroxylation sites is 3. The molecule has 0 saturated heterocycles. The summed E-state index contributed by atoms with van der Waals surface area (Å²) in [7, 11) is 0. The van der Waals surface area contributed by atoms with E-state index in [0.717, 1.165) is 45.7 Å². The van der Waals surface area contributed by atoms with Crippen LogP contribution in [0.15, 0.2) is 188 Å². The molecule has 0 fully saturated rings. The van der Waals surface area contributed by atoms with Crippen molar-refractivity contribution < 1.29 is 5.73 Å². The molecule has 260 valence electrons. The molecule has 0 radical (unpaired) electrons. The Balaban J connectivity index is 1.09. The minimum absolute atomic E-state index is 0.735. The first kappa shape index (κ1) is 32.5. The van der Waals surface area contributed by atoms with Crippen LogP contribution in [0.1, 0.15) is 18.1 Å². The van der Waals surface area contributed by atoms with Gasteiger partial charge >= 0.3 is 0 Å². The Morgan fingerprint density at radius 2 is 1.16 bits per heavy atom. The van der Waals surface area contributed by atoms with Crippen molar-refractivity contribution >= 4 is 54.9 Å². The van der Waals surface area contributed by atoms with Crippen molar-refractivity contribution in [1.82, 2.24) is 9.13 Å². The molecule has 10 aromatic rings. The van der Waals surface area contributed by atoms with E-state index in [1.165, 1.54) is 60.3 Å². The molecule has 0 aliphatic heterocycles. The fraction of sp³-hybridized carbons (Fsp3) is 0.0385. The summed E-state index contributed by atoms with van der Waals surface area (Å²) in [5.74, 6) is 0. The van der Waals surface area contributed by atoms with Crippen LogP contribution in [0.4, 0.5) is 5.69 Å². The highest BCUT2D eigenvalue weighted by molar-refractivity contribution is 6.11. The minimum atomic E-state index is 0.735. The first-order chi connectivity index (χ1) is 27.1. The maximum absolute atomic E-state index is 4.41. The van der Waals surface area contributed by atoms with Crippen LogP contribution in [0.5, 0.6) is 0 Å². The summed E-state index contributed by atoms with van der Waals surface area (Å²) < 4.78 is 4.83. The molecule has 55 heavy (non-hydrogen) atoms. The molecule has 0 aliphatic rings. The van der Waals surface area contributed by atoms with Crippen LogP contribution in [0.3, 0.4) is 0 Å².